The summed E-state index contributed by atoms with van der Waals surface area (Å²) in [4.78, 5) is 27.9. The van der Waals surface area contributed by atoms with Crippen molar-refractivity contribution in [1.29, 1.82) is 0 Å². The zero-order valence-corrected chi connectivity index (χ0v) is 19.0. The molecule has 1 saturated carbocycles. The molecule has 1 aliphatic carbocycles. The average Bonchev–Trinajstić information content (AvgIpc) is 2.67. The molecule has 2 fully saturated rings. The quantitative estimate of drug-likeness (QED) is 0.748. The third-order valence-electron chi connectivity index (χ3n) is 6.86. The van der Waals surface area contributed by atoms with Crippen LogP contribution >= 0.6 is 0 Å². The van der Waals surface area contributed by atoms with E-state index in [9.17, 15) is 14.7 Å². The number of benzene rings is 1. The predicted octanol–water partition coefficient (Wildman–Crippen LogP) is 4.46. The van der Waals surface area contributed by atoms with Gasteiger partial charge in [0.15, 0.2) is 0 Å². The maximum Gasteiger partial charge on any atom is 0.227 e. The van der Waals surface area contributed by atoms with E-state index in [1.54, 1.807) is 12.1 Å². The van der Waals surface area contributed by atoms with E-state index >= 15 is 0 Å². The summed E-state index contributed by atoms with van der Waals surface area (Å²) in [5.74, 6) is 1.14. The van der Waals surface area contributed by atoms with Crippen LogP contribution in [-0.4, -0.2) is 41.0 Å². The van der Waals surface area contributed by atoms with E-state index in [2.05, 4.69) is 19.2 Å². The summed E-state index contributed by atoms with van der Waals surface area (Å²) in [6, 6.07) is 7.46. The summed E-state index contributed by atoms with van der Waals surface area (Å²) in [5, 5.41) is 12.8. The van der Waals surface area contributed by atoms with Gasteiger partial charge in [0, 0.05) is 25.6 Å². The van der Waals surface area contributed by atoms with Gasteiger partial charge in [-0.15, -0.1) is 0 Å². The average molecular weight is 415 g/mol. The van der Waals surface area contributed by atoms with Gasteiger partial charge in [0.25, 0.3) is 0 Å². The minimum atomic E-state index is -0.101. The Balaban J connectivity index is 1.67. The topological polar surface area (TPSA) is 69.6 Å². The molecular formula is C25H38N2O3. The molecule has 3 rings (SSSR count). The Morgan fingerprint density at radius 3 is 2.43 bits per heavy atom. The molecule has 30 heavy (non-hydrogen) atoms. The molecule has 0 spiro atoms. The van der Waals surface area contributed by atoms with Gasteiger partial charge in [-0.1, -0.05) is 52.7 Å². The van der Waals surface area contributed by atoms with E-state index in [0.29, 0.717) is 18.3 Å². The number of nitrogens with zero attached hydrogens (tertiary/aromatic N) is 1. The van der Waals surface area contributed by atoms with Gasteiger partial charge in [-0.25, -0.2) is 0 Å². The van der Waals surface area contributed by atoms with Crippen molar-refractivity contribution in [2.45, 2.75) is 78.2 Å². The lowest BCUT2D eigenvalue weighted by Crippen LogP contribution is -2.54. The maximum absolute atomic E-state index is 13.5. The van der Waals surface area contributed by atoms with Crippen molar-refractivity contribution in [3.63, 3.8) is 0 Å². The number of piperidine rings is 1. The first-order chi connectivity index (χ1) is 14.2. The first-order valence-electron chi connectivity index (χ1n) is 11.5. The van der Waals surface area contributed by atoms with Crippen LogP contribution in [0.15, 0.2) is 24.3 Å². The zero-order chi connectivity index (χ0) is 21.9. The second kappa shape index (κ2) is 9.40. The van der Waals surface area contributed by atoms with Crippen molar-refractivity contribution in [2.24, 2.45) is 17.3 Å². The van der Waals surface area contributed by atoms with E-state index in [-0.39, 0.29) is 34.9 Å². The highest BCUT2D eigenvalue weighted by atomic mass is 16.3. The van der Waals surface area contributed by atoms with Gasteiger partial charge < -0.3 is 15.3 Å². The lowest BCUT2D eigenvalue weighted by Gasteiger charge is -2.46. The summed E-state index contributed by atoms with van der Waals surface area (Å²) >= 11 is 0. The minimum Gasteiger partial charge on any atom is -0.508 e. The molecule has 3 unspecified atom stereocenters. The molecule has 1 saturated heterocycles. The lowest BCUT2D eigenvalue weighted by molar-refractivity contribution is -0.141. The number of amides is 2. The fourth-order valence-corrected chi connectivity index (χ4v) is 5.34. The van der Waals surface area contributed by atoms with Crippen LogP contribution in [0.2, 0.25) is 0 Å². The van der Waals surface area contributed by atoms with Gasteiger partial charge >= 0.3 is 0 Å². The van der Waals surface area contributed by atoms with Gasteiger partial charge in [-0.05, 0) is 54.2 Å². The van der Waals surface area contributed by atoms with Crippen molar-refractivity contribution >= 4 is 11.8 Å². The molecule has 2 N–H and O–H groups in total. The Morgan fingerprint density at radius 2 is 1.80 bits per heavy atom. The first kappa shape index (κ1) is 22.6. The smallest absolute Gasteiger partial charge is 0.227 e. The van der Waals surface area contributed by atoms with Crippen LogP contribution in [0.1, 0.15) is 77.7 Å². The SMILES string of the molecule is CC(C)CC(=O)NC1CCCCC1C(=O)N1CCC(c2ccc(O)cc2)C(C)(C)C1. The molecule has 1 aromatic carbocycles. The van der Waals surface area contributed by atoms with Crippen molar-refractivity contribution < 1.29 is 14.7 Å². The molecule has 0 bridgehead atoms. The van der Waals surface area contributed by atoms with Gasteiger partial charge in [0.1, 0.15) is 5.75 Å². The van der Waals surface area contributed by atoms with Crippen molar-refractivity contribution in [2.75, 3.05) is 13.1 Å². The molecule has 5 nitrogen and oxygen atoms in total. The number of nitrogens with one attached hydrogen (secondary N) is 1. The number of likely N-dealkylation sites (tertiary alicyclic amines) is 1. The van der Waals surface area contributed by atoms with Gasteiger partial charge in [-0.2, -0.15) is 0 Å². The lowest BCUT2D eigenvalue weighted by atomic mass is 9.70. The largest absolute Gasteiger partial charge is 0.508 e. The molecular weight excluding hydrogens is 376 g/mol. The fraction of sp³-hybridized carbons (Fsp3) is 0.680. The Bertz CT molecular complexity index is 741. The highest BCUT2D eigenvalue weighted by Gasteiger charge is 2.41. The van der Waals surface area contributed by atoms with Gasteiger partial charge in [0.2, 0.25) is 11.8 Å². The number of carbonyl (C=O) groups excluding carboxylic acids is 2. The zero-order valence-electron chi connectivity index (χ0n) is 19.0. The Hall–Kier alpha value is -2.04. The molecule has 166 valence electrons. The number of phenolic OH excluding ortho intramolecular Hbond substituents is 1. The van der Waals surface area contributed by atoms with Gasteiger partial charge in [-0.3, -0.25) is 9.59 Å². The predicted molar refractivity (Wildman–Crippen MR) is 119 cm³/mol. The molecule has 0 aromatic heterocycles. The van der Waals surface area contributed by atoms with Crippen LogP contribution in [0, 0.1) is 17.3 Å². The van der Waals surface area contributed by atoms with Crippen LogP contribution in [0.4, 0.5) is 0 Å². The normalized spacial score (nSPS) is 26.4. The van der Waals surface area contributed by atoms with Gasteiger partial charge in [0.05, 0.1) is 5.92 Å². The van der Waals surface area contributed by atoms with Crippen LogP contribution < -0.4 is 5.32 Å². The van der Waals surface area contributed by atoms with E-state index in [0.717, 1.165) is 45.2 Å². The molecule has 3 atom stereocenters. The van der Waals surface area contributed by atoms with Crippen molar-refractivity contribution in [3.05, 3.63) is 29.8 Å². The molecule has 0 radical (unpaired) electrons. The van der Waals surface area contributed by atoms with Crippen molar-refractivity contribution in [1.82, 2.24) is 10.2 Å². The monoisotopic (exact) mass is 414 g/mol. The van der Waals surface area contributed by atoms with Crippen LogP contribution in [0.5, 0.6) is 5.75 Å². The highest BCUT2D eigenvalue weighted by Crippen LogP contribution is 2.43. The third-order valence-corrected chi connectivity index (χ3v) is 6.86. The number of phenols is 1. The molecule has 1 aliphatic heterocycles. The first-order valence-corrected chi connectivity index (χ1v) is 11.5. The van der Waals surface area contributed by atoms with E-state index in [1.165, 1.54) is 5.56 Å². The fourth-order valence-electron chi connectivity index (χ4n) is 5.34. The maximum atomic E-state index is 13.5. The molecule has 1 aromatic rings. The van der Waals surface area contributed by atoms with Crippen molar-refractivity contribution in [3.8, 4) is 5.75 Å². The molecule has 1 heterocycles. The van der Waals surface area contributed by atoms with E-state index < -0.39 is 0 Å². The molecule has 2 amide bonds. The second-order valence-corrected chi connectivity index (χ2v) is 10.3. The highest BCUT2D eigenvalue weighted by molar-refractivity contribution is 5.82. The van der Waals surface area contributed by atoms with E-state index in [1.807, 2.05) is 30.9 Å². The van der Waals surface area contributed by atoms with Crippen LogP contribution in [0.3, 0.4) is 0 Å². The summed E-state index contributed by atoms with van der Waals surface area (Å²) in [6.07, 6.45) is 5.33. The number of rotatable bonds is 5. The molecule has 2 aliphatic rings. The summed E-state index contributed by atoms with van der Waals surface area (Å²) in [6.45, 7) is 10.0. The minimum absolute atomic E-state index is 0.0320. The number of hydrogen-bond donors (Lipinski definition) is 2. The Kier molecular flexibility index (Phi) is 7.10. The second-order valence-electron chi connectivity index (χ2n) is 10.3. The van der Waals surface area contributed by atoms with Crippen LogP contribution in [0.25, 0.3) is 0 Å². The van der Waals surface area contributed by atoms with Crippen LogP contribution in [-0.2, 0) is 9.59 Å². The number of carbonyl (C=O) groups is 2. The standard InChI is InChI=1S/C25H38N2O3/c1-17(2)15-23(29)26-22-8-6-5-7-20(22)24(30)27-14-13-21(25(3,4)16-27)18-9-11-19(28)12-10-18/h9-12,17,20-22,28H,5-8,13-16H2,1-4H3,(H,26,29). The Labute approximate surface area is 181 Å². The summed E-state index contributed by atoms with van der Waals surface area (Å²) < 4.78 is 0. The van der Waals surface area contributed by atoms with E-state index in [4.69, 9.17) is 0 Å². The summed E-state index contributed by atoms with van der Waals surface area (Å²) in [7, 11) is 0. The number of aromatic hydroxyl groups is 1. The summed E-state index contributed by atoms with van der Waals surface area (Å²) in [5.41, 5.74) is 1.18. The molecule has 5 heteroatoms. The number of hydrogen-bond acceptors (Lipinski definition) is 3. The third kappa shape index (κ3) is 5.35. The Morgan fingerprint density at radius 1 is 1.13 bits per heavy atom.